The van der Waals surface area contributed by atoms with Gasteiger partial charge in [-0.2, -0.15) is 0 Å². The van der Waals surface area contributed by atoms with Gasteiger partial charge in [0.1, 0.15) is 30.1 Å². The highest BCUT2D eigenvalue weighted by atomic mass is 79.9. The van der Waals surface area contributed by atoms with E-state index in [0.29, 0.717) is 41.4 Å². The van der Waals surface area contributed by atoms with E-state index < -0.39 is 11.3 Å². The minimum atomic E-state index is -1.25. The Morgan fingerprint density at radius 3 is 1.98 bits per heavy atom. The summed E-state index contributed by atoms with van der Waals surface area (Å²) < 4.78 is 14.0. The number of aromatic nitrogens is 3. The number of hydroxylamine groups is 2. The number of hydrogen-bond acceptors (Lipinski definition) is 11. The lowest BCUT2D eigenvalue weighted by Gasteiger charge is -2.30. The highest BCUT2D eigenvalue weighted by molar-refractivity contribution is 9.10. The Hall–Kier alpha value is -3.56. The molecule has 3 N–H and O–H groups in total. The number of hydrogen-bond donors (Lipinski definition) is 3. The summed E-state index contributed by atoms with van der Waals surface area (Å²) in [6.45, 7) is 4.15. The summed E-state index contributed by atoms with van der Waals surface area (Å²) in [6.07, 6.45) is 2.12. The predicted octanol–water partition coefficient (Wildman–Crippen LogP) is 4.38. The number of rotatable bonds is 5. The number of halogens is 2. The Kier molecular flexibility index (Phi) is 9.04. The van der Waals surface area contributed by atoms with Gasteiger partial charge in [-0.3, -0.25) is 14.7 Å². The number of nitrogens with zero attached hydrogens (tertiary/aromatic N) is 5. The lowest BCUT2D eigenvalue weighted by atomic mass is 9.92. The summed E-state index contributed by atoms with van der Waals surface area (Å²) in [7, 11) is 5.16. The van der Waals surface area contributed by atoms with E-state index in [-0.39, 0.29) is 6.61 Å². The van der Waals surface area contributed by atoms with Crippen LogP contribution in [0.2, 0.25) is 0 Å². The number of benzene rings is 1. The van der Waals surface area contributed by atoms with Crippen molar-refractivity contribution in [1.29, 1.82) is 0 Å². The van der Waals surface area contributed by atoms with Crippen LogP contribution >= 0.6 is 31.9 Å². The van der Waals surface area contributed by atoms with Gasteiger partial charge in [-0.25, -0.2) is 25.9 Å². The monoisotopic (exact) mass is 715 g/mol. The van der Waals surface area contributed by atoms with Crippen molar-refractivity contribution in [3.8, 4) is 11.8 Å². The average molecular weight is 717 g/mol. The van der Waals surface area contributed by atoms with E-state index >= 15 is 0 Å². The van der Waals surface area contributed by atoms with Crippen molar-refractivity contribution in [2.24, 2.45) is 17.0 Å². The van der Waals surface area contributed by atoms with Gasteiger partial charge in [0.2, 0.25) is 11.8 Å². The van der Waals surface area contributed by atoms with Crippen LogP contribution in [0.4, 0.5) is 0 Å². The summed E-state index contributed by atoms with van der Waals surface area (Å²) in [5.41, 5.74) is 7.23. The van der Waals surface area contributed by atoms with Crippen LogP contribution in [0.25, 0.3) is 10.9 Å². The number of aliphatic hydroxyl groups is 1. The number of ether oxygens (including phenoxy) is 2. The minimum Gasteiger partial charge on any atom is -0.480 e. The second kappa shape index (κ2) is 12.6. The van der Waals surface area contributed by atoms with E-state index in [1.807, 2.05) is 31.3 Å². The van der Waals surface area contributed by atoms with Gasteiger partial charge in [0.25, 0.3) is 0 Å². The molecule has 3 aromatic heterocycles. The molecule has 226 valence electrons. The SMILES string of the molecule is COc1nc(C2=NC(C)(O)CON2)ccc1Br.COc1nc(C2=NC(C)(c3cn(C)c4ccccc34)CON2)ccc1Br. The van der Waals surface area contributed by atoms with Crippen molar-refractivity contribution >= 4 is 54.4 Å². The Balaban J connectivity index is 0.000000188. The second-order valence-corrected chi connectivity index (χ2v) is 11.9. The second-order valence-electron chi connectivity index (χ2n) is 10.2. The van der Waals surface area contributed by atoms with Crippen molar-refractivity contribution in [1.82, 2.24) is 25.5 Å². The van der Waals surface area contributed by atoms with Crippen LogP contribution in [-0.2, 0) is 22.3 Å². The first kappa shape index (κ1) is 30.9. The van der Waals surface area contributed by atoms with Crippen molar-refractivity contribution in [3.63, 3.8) is 0 Å². The van der Waals surface area contributed by atoms with E-state index in [1.165, 1.54) is 18.0 Å². The van der Waals surface area contributed by atoms with Gasteiger partial charge in [0.05, 0.1) is 23.2 Å². The van der Waals surface area contributed by atoms with Gasteiger partial charge in [-0.15, -0.1) is 0 Å². The molecule has 2 atom stereocenters. The summed E-state index contributed by atoms with van der Waals surface area (Å²) >= 11 is 6.73. The highest BCUT2D eigenvalue weighted by Crippen LogP contribution is 2.35. The molecule has 4 aromatic rings. The molecule has 2 unspecified atom stereocenters. The number of aryl methyl sites for hydroxylation is 1. The summed E-state index contributed by atoms with van der Waals surface area (Å²) in [5, 5.41) is 10.9. The van der Waals surface area contributed by atoms with Crippen molar-refractivity contribution < 1.29 is 24.3 Å². The smallest absolute Gasteiger partial charge is 0.228 e. The van der Waals surface area contributed by atoms with Crippen molar-refractivity contribution in [3.05, 3.63) is 80.6 Å². The maximum atomic E-state index is 9.77. The number of amidine groups is 2. The Morgan fingerprint density at radius 2 is 1.40 bits per heavy atom. The van der Waals surface area contributed by atoms with E-state index in [0.717, 1.165) is 14.5 Å². The normalized spacial score (nSPS) is 21.5. The number of nitrogens with one attached hydrogen (secondary N) is 2. The van der Waals surface area contributed by atoms with Crippen LogP contribution < -0.4 is 20.4 Å². The first-order valence-corrected chi connectivity index (χ1v) is 14.8. The molecule has 2 aliphatic rings. The third-order valence-electron chi connectivity index (χ3n) is 6.72. The standard InChI is InChI=1S/C19H19BrN4O2.C10H12BrN3O3/c1-19(13-10-24(2)16-7-5-4-6-12(13)16)11-26-23-17(22-19)15-9-8-14(20)18(21-15)25-3;1-10(15)5-17-14-8(13-10)7-4-3-6(11)9(12-7)16-2/h4-10H,11H2,1-3H3,(H,22,23);3-4,15H,5H2,1-2H3,(H,13,14). The van der Waals surface area contributed by atoms with Crippen molar-refractivity contribution in [2.75, 3.05) is 27.4 Å². The average Bonchev–Trinajstić information content (AvgIpc) is 3.35. The zero-order valence-corrected chi connectivity index (χ0v) is 27.4. The largest absolute Gasteiger partial charge is 0.480 e. The molecule has 0 radical (unpaired) electrons. The molecule has 1 aromatic carbocycles. The fourth-order valence-corrected chi connectivity index (χ4v) is 5.37. The van der Waals surface area contributed by atoms with Crippen LogP contribution in [-0.4, -0.2) is 64.5 Å². The lowest BCUT2D eigenvalue weighted by molar-refractivity contribution is -0.0624. The number of fused-ring (bicyclic) bond motifs is 1. The molecule has 0 bridgehead atoms. The number of aliphatic imine (C=N–C) groups is 2. The molecule has 0 fully saturated rings. The molecule has 12 nitrogen and oxygen atoms in total. The zero-order chi connectivity index (χ0) is 30.8. The predicted molar refractivity (Wildman–Crippen MR) is 169 cm³/mol. The first-order chi connectivity index (χ1) is 20.5. The van der Waals surface area contributed by atoms with Crippen LogP contribution in [0.3, 0.4) is 0 Å². The zero-order valence-electron chi connectivity index (χ0n) is 24.2. The molecule has 43 heavy (non-hydrogen) atoms. The van der Waals surface area contributed by atoms with Gasteiger partial charge in [0.15, 0.2) is 17.4 Å². The van der Waals surface area contributed by atoms with E-state index in [4.69, 9.17) is 24.1 Å². The molecule has 0 amide bonds. The van der Waals surface area contributed by atoms with Crippen LogP contribution in [0.15, 0.2) is 73.7 Å². The maximum Gasteiger partial charge on any atom is 0.228 e. The van der Waals surface area contributed by atoms with Gasteiger partial charge < -0.3 is 19.1 Å². The quantitative estimate of drug-likeness (QED) is 0.275. The highest BCUT2D eigenvalue weighted by Gasteiger charge is 2.34. The van der Waals surface area contributed by atoms with Crippen LogP contribution in [0, 0.1) is 0 Å². The van der Waals surface area contributed by atoms with Crippen LogP contribution in [0.5, 0.6) is 11.8 Å². The number of pyridine rings is 2. The molecule has 0 aliphatic carbocycles. The molecular formula is C29H31Br2N7O5. The molecule has 0 spiro atoms. The molecule has 2 aliphatic heterocycles. The molecule has 0 saturated carbocycles. The Morgan fingerprint density at radius 1 is 0.837 bits per heavy atom. The first-order valence-electron chi connectivity index (χ1n) is 13.2. The molecule has 14 heteroatoms. The van der Waals surface area contributed by atoms with Gasteiger partial charge in [-0.1, -0.05) is 18.2 Å². The molecule has 5 heterocycles. The fourth-order valence-electron chi connectivity index (χ4n) is 4.61. The summed E-state index contributed by atoms with van der Waals surface area (Å²) in [6, 6.07) is 15.6. The van der Waals surface area contributed by atoms with Gasteiger partial charge >= 0.3 is 0 Å². The lowest BCUT2D eigenvalue weighted by Crippen LogP contribution is -2.42. The maximum absolute atomic E-state index is 9.77. The van der Waals surface area contributed by atoms with E-state index in [9.17, 15) is 5.11 Å². The Bertz CT molecular complexity index is 1710. The van der Waals surface area contributed by atoms with E-state index in [1.54, 1.807) is 26.2 Å². The third-order valence-corrected chi connectivity index (χ3v) is 7.93. The van der Waals surface area contributed by atoms with Crippen LogP contribution in [0.1, 0.15) is 30.8 Å². The molecule has 0 saturated heterocycles. The Labute approximate surface area is 265 Å². The van der Waals surface area contributed by atoms with Gasteiger partial charge in [-0.05, 0) is 76.0 Å². The topological polar surface area (TPSA) is 137 Å². The van der Waals surface area contributed by atoms with Crippen molar-refractivity contribution in [2.45, 2.75) is 25.1 Å². The minimum absolute atomic E-state index is 0.0875. The fraction of sp³-hybridized carbons (Fsp3) is 0.310. The third kappa shape index (κ3) is 6.68. The molecule has 6 rings (SSSR count). The number of methoxy groups -OCH3 is 2. The number of para-hydroxylation sites is 1. The van der Waals surface area contributed by atoms with E-state index in [2.05, 4.69) is 87.6 Å². The summed E-state index contributed by atoms with van der Waals surface area (Å²) in [4.78, 5) is 28.5. The molecular weight excluding hydrogens is 686 g/mol. The van der Waals surface area contributed by atoms with Gasteiger partial charge in [0, 0.05) is 29.7 Å². The summed E-state index contributed by atoms with van der Waals surface area (Å²) in [5.74, 6) is 1.89.